The Morgan fingerprint density at radius 1 is 1.06 bits per heavy atom. The van der Waals surface area contributed by atoms with Crippen molar-refractivity contribution >= 4 is 0 Å². The Morgan fingerprint density at radius 3 is 2.12 bits per heavy atom. The highest BCUT2D eigenvalue weighted by Crippen LogP contribution is 2.18. The Hall–Kier alpha value is -0.820. The van der Waals surface area contributed by atoms with Crippen LogP contribution in [0.5, 0.6) is 0 Å². The molecule has 0 aliphatic heterocycles. The summed E-state index contributed by atoms with van der Waals surface area (Å²) >= 11 is 0. The van der Waals surface area contributed by atoms with Crippen molar-refractivity contribution < 1.29 is 0 Å². The van der Waals surface area contributed by atoms with Crippen molar-refractivity contribution in [2.45, 2.75) is 47.6 Å². The van der Waals surface area contributed by atoms with Gasteiger partial charge in [-0.05, 0) is 31.2 Å². The normalized spacial score (nSPS) is 11.8. The van der Waals surface area contributed by atoms with E-state index in [0.717, 1.165) is 13.1 Å². The van der Waals surface area contributed by atoms with Crippen LogP contribution < -0.4 is 5.32 Å². The van der Waals surface area contributed by atoms with Crippen molar-refractivity contribution in [3.63, 3.8) is 0 Å². The van der Waals surface area contributed by atoms with Gasteiger partial charge in [0, 0.05) is 13.1 Å². The SMILES string of the molecule is CCC(C)(C)CNCc1cc(C)cc(C)c1. The second-order valence-electron chi connectivity index (χ2n) is 5.62. The molecule has 1 rings (SSSR count). The van der Waals surface area contributed by atoms with E-state index in [1.807, 2.05) is 0 Å². The van der Waals surface area contributed by atoms with E-state index in [4.69, 9.17) is 0 Å². The van der Waals surface area contributed by atoms with Crippen molar-refractivity contribution in [2.75, 3.05) is 6.54 Å². The monoisotopic (exact) mass is 219 g/mol. The molecule has 0 saturated heterocycles. The van der Waals surface area contributed by atoms with E-state index in [1.165, 1.54) is 23.1 Å². The van der Waals surface area contributed by atoms with Gasteiger partial charge in [0.2, 0.25) is 0 Å². The first-order valence-electron chi connectivity index (χ1n) is 6.21. The van der Waals surface area contributed by atoms with Crippen LogP contribution in [0, 0.1) is 19.3 Å². The number of rotatable bonds is 5. The number of hydrogen-bond acceptors (Lipinski definition) is 1. The predicted octanol–water partition coefficient (Wildman–Crippen LogP) is 3.83. The lowest BCUT2D eigenvalue weighted by molar-refractivity contribution is 0.327. The average molecular weight is 219 g/mol. The lowest BCUT2D eigenvalue weighted by Crippen LogP contribution is -2.28. The van der Waals surface area contributed by atoms with E-state index in [0.29, 0.717) is 5.41 Å². The van der Waals surface area contributed by atoms with Crippen molar-refractivity contribution in [1.82, 2.24) is 5.32 Å². The lowest BCUT2D eigenvalue weighted by Gasteiger charge is -2.23. The molecule has 0 atom stereocenters. The Kier molecular flexibility index (Phi) is 4.55. The van der Waals surface area contributed by atoms with Gasteiger partial charge in [-0.2, -0.15) is 0 Å². The molecule has 0 unspecified atom stereocenters. The Labute approximate surface area is 100 Å². The van der Waals surface area contributed by atoms with Gasteiger partial charge in [-0.1, -0.05) is 50.1 Å². The molecule has 0 amide bonds. The molecule has 16 heavy (non-hydrogen) atoms. The van der Waals surface area contributed by atoms with Crippen LogP contribution in [0.3, 0.4) is 0 Å². The van der Waals surface area contributed by atoms with Gasteiger partial charge < -0.3 is 5.32 Å². The minimum absolute atomic E-state index is 0.402. The summed E-state index contributed by atoms with van der Waals surface area (Å²) in [4.78, 5) is 0. The van der Waals surface area contributed by atoms with Gasteiger partial charge in [0.25, 0.3) is 0 Å². The molecule has 90 valence electrons. The Bertz CT molecular complexity index is 319. The summed E-state index contributed by atoms with van der Waals surface area (Å²) in [6.45, 7) is 13.2. The first-order chi connectivity index (χ1) is 7.43. The van der Waals surface area contributed by atoms with Crippen LogP contribution in [-0.4, -0.2) is 6.54 Å². The Morgan fingerprint density at radius 2 is 1.62 bits per heavy atom. The van der Waals surface area contributed by atoms with Crippen LogP contribution in [0.25, 0.3) is 0 Å². The summed E-state index contributed by atoms with van der Waals surface area (Å²) in [7, 11) is 0. The number of nitrogens with one attached hydrogen (secondary N) is 1. The molecule has 0 heterocycles. The smallest absolute Gasteiger partial charge is 0.0205 e. The Balaban J connectivity index is 2.49. The molecule has 0 aliphatic carbocycles. The summed E-state index contributed by atoms with van der Waals surface area (Å²) in [5.74, 6) is 0. The van der Waals surface area contributed by atoms with Crippen LogP contribution in [-0.2, 0) is 6.54 Å². The van der Waals surface area contributed by atoms with Crippen LogP contribution in [0.15, 0.2) is 18.2 Å². The highest BCUT2D eigenvalue weighted by Gasteiger charge is 2.13. The van der Waals surface area contributed by atoms with E-state index in [2.05, 4.69) is 58.1 Å². The molecular formula is C15H25N. The highest BCUT2D eigenvalue weighted by molar-refractivity contribution is 5.28. The molecule has 1 aromatic rings. The van der Waals surface area contributed by atoms with Gasteiger partial charge in [0.05, 0.1) is 0 Å². The second kappa shape index (κ2) is 5.49. The molecule has 0 fully saturated rings. The maximum atomic E-state index is 3.55. The third kappa shape index (κ3) is 4.36. The average Bonchev–Trinajstić information content (AvgIpc) is 2.16. The summed E-state index contributed by atoms with van der Waals surface area (Å²) < 4.78 is 0. The molecule has 1 aromatic carbocycles. The zero-order valence-electron chi connectivity index (χ0n) is 11.4. The van der Waals surface area contributed by atoms with E-state index in [1.54, 1.807) is 0 Å². The number of aryl methyl sites for hydroxylation is 2. The third-order valence-electron chi connectivity index (χ3n) is 3.17. The van der Waals surface area contributed by atoms with Crippen LogP contribution in [0.2, 0.25) is 0 Å². The van der Waals surface area contributed by atoms with E-state index in [9.17, 15) is 0 Å². The van der Waals surface area contributed by atoms with Crippen molar-refractivity contribution in [3.05, 3.63) is 34.9 Å². The molecule has 0 saturated carbocycles. The lowest BCUT2D eigenvalue weighted by atomic mass is 9.90. The van der Waals surface area contributed by atoms with Gasteiger partial charge in [0.1, 0.15) is 0 Å². The number of benzene rings is 1. The van der Waals surface area contributed by atoms with E-state index < -0.39 is 0 Å². The molecule has 0 spiro atoms. The largest absolute Gasteiger partial charge is 0.312 e. The molecule has 0 radical (unpaired) electrons. The van der Waals surface area contributed by atoms with E-state index in [-0.39, 0.29) is 0 Å². The zero-order chi connectivity index (χ0) is 12.2. The van der Waals surface area contributed by atoms with E-state index >= 15 is 0 Å². The van der Waals surface area contributed by atoms with Crippen molar-refractivity contribution in [2.24, 2.45) is 5.41 Å². The maximum absolute atomic E-state index is 3.55. The van der Waals surface area contributed by atoms with Gasteiger partial charge in [-0.3, -0.25) is 0 Å². The summed E-state index contributed by atoms with van der Waals surface area (Å²) in [6, 6.07) is 6.75. The van der Waals surface area contributed by atoms with Gasteiger partial charge in [-0.15, -0.1) is 0 Å². The molecule has 0 bridgehead atoms. The molecule has 0 aromatic heterocycles. The van der Waals surface area contributed by atoms with Crippen LogP contribution >= 0.6 is 0 Å². The molecule has 0 aliphatic rings. The quantitative estimate of drug-likeness (QED) is 0.793. The minimum Gasteiger partial charge on any atom is -0.312 e. The zero-order valence-corrected chi connectivity index (χ0v) is 11.4. The predicted molar refractivity (Wildman–Crippen MR) is 71.7 cm³/mol. The minimum atomic E-state index is 0.402. The summed E-state index contributed by atoms with van der Waals surface area (Å²) in [6.07, 6.45) is 1.22. The third-order valence-corrected chi connectivity index (χ3v) is 3.17. The van der Waals surface area contributed by atoms with Crippen molar-refractivity contribution in [1.29, 1.82) is 0 Å². The summed E-state index contributed by atoms with van der Waals surface area (Å²) in [5, 5.41) is 3.55. The van der Waals surface area contributed by atoms with Gasteiger partial charge >= 0.3 is 0 Å². The molecule has 1 N–H and O–H groups in total. The maximum Gasteiger partial charge on any atom is 0.0205 e. The van der Waals surface area contributed by atoms with Gasteiger partial charge in [-0.25, -0.2) is 0 Å². The summed E-state index contributed by atoms with van der Waals surface area (Å²) in [5.41, 5.74) is 4.50. The van der Waals surface area contributed by atoms with Gasteiger partial charge in [0.15, 0.2) is 0 Å². The van der Waals surface area contributed by atoms with Crippen LogP contribution in [0.1, 0.15) is 43.9 Å². The molecule has 1 nitrogen and oxygen atoms in total. The fourth-order valence-electron chi connectivity index (χ4n) is 1.84. The van der Waals surface area contributed by atoms with Crippen LogP contribution in [0.4, 0.5) is 0 Å². The topological polar surface area (TPSA) is 12.0 Å². The standard InChI is InChI=1S/C15H25N/c1-6-15(4,5)11-16-10-14-8-12(2)7-13(3)9-14/h7-9,16H,6,10-11H2,1-5H3. The fraction of sp³-hybridized carbons (Fsp3) is 0.600. The molecule has 1 heteroatoms. The fourth-order valence-corrected chi connectivity index (χ4v) is 1.84. The first kappa shape index (κ1) is 13.2. The first-order valence-corrected chi connectivity index (χ1v) is 6.21. The number of hydrogen-bond donors (Lipinski definition) is 1. The molecular weight excluding hydrogens is 194 g/mol. The van der Waals surface area contributed by atoms with Crippen molar-refractivity contribution in [3.8, 4) is 0 Å². The second-order valence-corrected chi connectivity index (χ2v) is 5.62. The highest BCUT2D eigenvalue weighted by atomic mass is 14.9.